The van der Waals surface area contributed by atoms with Crippen LogP contribution in [0.15, 0.2) is 47.4 Å². The van der Waals surface area contributed by atoms with Crippen LogP contribution < -0.4 is 9.64 Å². The fraction of sp³-hybridized carbons (Fsp3) is 0.158. The lowest BCUT2D eigenvalue weighted by Crippen LogP contribution is -2.28. The van der Waals surface area contributed by atoms with Crippen LogP contribution >= 0.6 is 24.0 Å². The normalized spacial score (nSPS) is 16.1. The minimum atomic E-state index is -0.0761. The Morgan fingerprint density at radius 3 is 2.46 bits per heavy atom. The fourth-order valence-electron chi connectivity index (χ4n) is 2.58. The van der Waals surface area contributed by atoms with Gasteiger partial charge in [-0.3, -0.25) is 9.69 Å². The zero-order valence-electron chi connectivity index (χ0n) is 13.7. The number of benzene rings is 2. The molecule has 2 aromatic carbocycles. The van der Waals surface area contributed by atoms with Gasteiger partial charge in [-0.15, -0.1) is 0 Å². The van der Waals surface area contributed by atoms with Crippen molar-refractivity contribution >= 4 is 46.0 Å². The molecule has 0 unspecified atom stereocenters. The SMILES string of the molecule is COc1ccc(C=C2SC(=S)N(c3ccc(C)cc3C)C2=O)cc1. The van der Waals surface area contributed by atoms with Crippen molar-refractivity contribution in [1.29, 1.82) is 0 Å². The molecule has 3 rings (SSSR count). The van der Waals surface area contributed by atoms with Crippen LogP contribution in [0.25, 0.3) is 6.08 Å². The summed E-state index contributed by atoms with van der Waals surface area (Å²) in [4.78, 5) is 15.1. The number of aryl methyl sites for hydroxylation is 2. The van der Waals surface area contributed by atoms with Gasteiger partial charge in [-0.05, 0) is 49.2 Å². The predicted octanol–water partition coefficient (Wildman–Crippen LogP) is 4.72. The van der Waals surface area contributed by atoms with Crippen molar-refractivity contribution in [3.8, 4) is 5.75 Å². The highest BCUT2D eigenvalue weighted by atomic mass is 32.2. The van der Waals surface area contributed by atoms with Gasteiger partial charge in [0, 0.05) is 0 Å². The van der Waals surface area contributed by atoms with E-state index in [0.717, 1.165) is 28.1 Å². The van der Waals surface area contributed by atoms with Crippen molar-refractivity contribution in [2.75, 3.05) is 12.0 Å². The third kappa shape index (κ3) is 3.23. The number of methoxy groups -OCH3 is 1. The molecule has 1 aliphatic heterocycles. The molecule has 1 fully saturated rings. The molecule has 0 aliphatic carbocycles. The van der Waals surface area contributed by atoms with E-state index in [1.165, 1.54) is 11.8 Å². The second kappa shape index (κ2) is 6.79. The summed E-state index contributed by atoms with van der Waals surface area (Å²) in [5.74, 6) is 0.711. The van der Waals surface area contributed by atoms with E-state index < -0.39 is 0 Å². The van der Waals surface area contributed by atoms with Gasteiger partial charge in [0.25, 0.3) is 5.91 Å². The minimum Gasteiger partial charge on any atom is -0.497 e. The van der Waals surface area contributed by atoms with Gasteiger partial charge in [-0.25, -0.2) is 0 Å². The average molecular weight is 355 g/mol. The number of thiocarbonyl (C=S) groups is 1. The molecule has 1 heterocycles. The molecule has 0 spiro atoms. The Morgan fingerprint density at radius 1 is 1.12 bits per heavy atom. The van der Waals surface area contributed by atoms with Crippen LogP contribution in [-0.2, 0) is 4.79 Å². The summed E-state index contributed by atoms with van der Waals surface area (Å²) >= 11 is 6.76. The number of nitrogens with zero attached hydrogens (tertiary/aromatic N) is 1. The largest absolute Gasteiger partial charge is 0.497 e. The highest BCUT2D eigenvalue weighted by Gasteiger charge is 2.33. The summed E-state index contributed by atoms with van der Waals surface area (Å²) in [6, 6.07) is 13.6. The average Bonchev–Trinajstić information content (AvgIpc) is 2.83. The standard InChI is InChI=1S/C19H17NO2S2/c1-12-4-9-16(13(2)10-12)20-18(21)17(24-19(20)23)11-14-5-7-15(22-3)8-6-14/h4-11H,1-3H3. The Hall–Kier alpha value is -2.11. The van der Waals surface area contributed by atoms with E-state index in [9.17, 15) is 4.79 Å². The molecular weight excluding hydrogens is 338 g/mol. The first-order chi connectivity index (χ1) is 11.5. The number of carbonyl (C=O) groups is 1. The van der Waals surface area contributed by atoms with Crippen LogP contribution in [0.4, 0.5) is 5.69 Å². The van der Waals surface area contributed by atoms with E-state index in [1.807, 2.05) is 56.3 Å². The molecule has 0 atom stereocenters. The molecule has 1 aliphatic rings. The van der Waals surface area contributed by atoms with E-state index in [0.29, 0.717) is 9.23 Å². The molecule has 1 saturated heterocycles. The van der Waals surface area contributed by atoms with Gasteiger partial charge in [-0.1, -0.05) is 53.8 Å². The van der Waals surface area contributed by atoms with Crippen LogP contribution in [0.5, 0.6) is 5.75 Å². The van der Waals surface area contributed by atoms with E-state index in [-0.39, 0.29) is 5.91 Å². The summed E-state index contributed by atoms with van der Waals surface area (Å²) in [5, 5.41) is 0. The number of ether oxygens (including phenoxy) is 1. The van der Waals surface area contributed by atoms with Crippen molar-refractivity contribution in [1.82, 2.24) is 0 Å². The topological polar surface area (TPSA) is 29.5 Å². The summed E-state index contributed by atoms with van der Waals surface area (Å²) in [6.07, 6.45) is 1.86. The number of hydrogen-bond acceptors (Lipinski definition) is 4. The molecular formula is C19H17NO2S2. The summed E-state index contributed by atoms with van der Waals surface area (Å²) in [5.41, 5.74) is 3.99. The number of amides is 1. The lowest BCUT2D eigenvalue weighted by molar-refractivity contribution is -0.113. The number of hydrogen-bond donors (Lipinski definition) is 0. The lowest BCUT2D eigenvalue weighted by Gasteiger charge is -2.17. The zero-order chi connectivity index (χ0) is 17.3. The zero-order valence-corrected chi connectivity index (χ0v) is 15.3. The Labute approximate surface area is 151 Å². The van der Waals surface area contributed by atoms with Crippen molar-refractivity contribution in [2.45, 2.75) is 13.8 Å². The monoisotopic (exact) mass is 355 g/mol. The van der Waals surface area contributed by atoms with E-state index in [1.54, 1.807) is 12.0 Å². The molecule has 0 aromatic heterocycles. The molecule has 0 N–H and O–H groups in total. The second-order valence-electron chi connectivity index (χ2n) is 5.58. The first kappa shape index (κ1) is 16.7. The lowest BCUT2D eigenvalue weighted by atomic mass is 10.1. The molecule has 0 saturated carbocycles. The van der Waals surface area contributed by atoms with Crippen LogP contribution in [0, 0.1) is 13.8 Å². The first-order valence-electron chi connectivity index (χ1n) is 7.49. The molecule has 1 amide bonds. The van der Waals surface area contributed by atoms with Gasteiger partial charge in [0.2, 0.25) is 0 Å². The third-order valence-corrected chi connectivity index (χ3v) is 5.10. The molecule has 2 aromatic rings. The van der Waals surface area contributed by atoms with Crippen molar-refractivity contribution < 1.29 is 9.53 Å². The van der Waals surface area contributed by atoms with Gasteiger partial charge >= 0.3 is 0 Å². The van der Waals surface area contributed by atoms with E-state index in [2.05, 4.69) is 6.07 Å². The summed E-state index contributed by atoms with van der Waals surface area (Å²) in [7, 11) is 1.63. The summed E-state index contributed by atoms with van der Waals surface area (Å²) in [6.45, 7) is 4.03. The Bertz CT molecular complexity index is 841. The summed E-state index contributed by atoms with van der Waals surface area (Å²) < 4.78 is 5.71. The maximum absolute atomic E-state index is 12.8. The quantitative estimate of drug-likeness (QED) is 0.589. The molecule has 3 nitrogen and oxygen atoms in total. The third-order valence-electron chi connectivity index (χ3n) is 3.80. The number of carbonyl (C=O) groups excluding carboxylic acids is 1. The fourth-order valence-corrected chi connectivity index (χ4v) is 3.87. The van der Waals surface area contributed by atoms with Crippen molar-refractivity contribution in [3.05, 3.63) is 64.1 Å². The van der Waals surface area contributed by atoms with Gasteiger partial charge in [-0.2, -0.15) is 0 Å². The molecule has 122 valence electrons. The molecule has 24 heavy (non-hydrogen) atoms. The molecule has 5 heteroatoms. The molecule has 0 radical (unpaired) electrons. The number of anilines is 1. The maximum atomic E-state index is 12.8. The first-order valence-corrected chi connectivity index (χ1v) is 8.71. The highest BCUT2D eigenvalue weighted by molar-refractivity contribution is 8.27. The number of thioether (sulfide) groups is 1. The maximum Gasteiger partial charge on any atom is 0.270 e. The van der Waals surface area contributed by atoms with Gasteiger partial charge in [0.05, 0.1) is 17.7 Å². The smallest absolute Gasteiger partial charge is 0.270 e. The van der Waals surface area contributed by atoms with Crippen LogP contribution in [0.3, 0.4) is 0 Å². The van der Waals surface area contributed by atoms with Crippen LogP contribution in [0.2, 0.25) is 0 Å². The van der Waals surface area contributed by atoms with Crippen LogP contribution in [-0.4, -0.2) is 17.3 Å². The van der Waals surface area contributed by atoms with Gasteiger partial charge in [0.1, 0.15) is 5.75 Å². The second-order valence-corrected chi connectivity index (χ2v) is 7.26. The van der Waals surface area contributed by atoms with Gasteiger partial charge in [0.15, 0.2) is 4.32 Å². The predicted molar refractivity (Wildman–Crippen MR) is 105 cm³/mol. The Morgan fingerprint density at radius 2 is 1.83 bits per heavy atom. The molecule has 0 bridgehead atoms. The van der Waals surface area contributed by atoms with E-state index >= 15 is 0 Å². The van der Waals surface area contributed by atoms with Crippen LogP contribution in [0.1, 0.15) is 16.7 Å². The Kier molecular flexibility index (Phi) is 4.73. The highest BCUT2D eigenvalue weighted by Crippen LogP contribution is 2.37. The van der Waals surface area contributed by atoms with Gasteiger partial charge < -0.3 is 4.74 Å². The Balaban J connectivity index is 1.92. The van der Waals surface area contributed by atoms with Crippen molar-refractivity contribution in [2.24, 2.45) is 0 Å². The van der Waals surface area contributed by atoms with E-state index in [4.69, 9.17) is 17.0 Å². The van der Waals surface area contributed by atoms with Crippen molar-refractivity contribution in [3.63, 3.8) is 0 Å². The minimum absolute atomic E-state index is 0.0761. The number of rotatable bonds is 3.